The highest BCUT2D eigenvalue weighted by molar-refractivity contribution is 6.31. The van der Waals surface area contributed by atoms with Crippen LogP contribution in [0.25, 0.3) is 21.8 Å². The van der Waals surface area contributed by atoms with Crippen LogP contribution in [0.2, 0.25) is 5.02 Å². The van der Waals surface area contributed by atoms with Crippen molar-refractivity contribution < 1.29 is 4.74 Å². The molecule has 3 aromatic carbocycles. The molecule has 1 saturated heterocycles. The molecule has 0 aliphatic carbocycles. The third-order valence-corrected chi connectivity index (χ3v) is 7.17. The molecule has 1 aromatic heterocycles. The molecule has 0 spiro atoms. The molecule has 8 nitrogen and oxygen atoms in total. The Morgan fingerprint density at radius 2 is 1.79 bits per heavy atom. The number of methoxy groups -OCH3 is 1. The lowest BCUT2D eigenvalue weighted by Gasteiger charge is -2.36. The maximum atomic E-state index is 6.24. The Bertz CT molecular complexity index is 1450. The SMILES string of the molecule is C=N/C(=N\CNCCCNc1c2ccc(Cl)cc2nc2ccc(OC)cc12)N1CCN(c2ccccc2)CC1. The molecule has 2 heterocycles. The molecule has 39 heavy (non-hydrogen) atoms. The summed E-state index contributed by atoms with van der Waals surface area (Å²) in [4.78, 5) is 18.2. The average molecular weight is 544 g/mol. The Hall–Kier alpha value is -3.88. The summed E-state index contributed by atoms with van der Waals surface area (Å²) in [6.07, 6.45) is 0.922. The van der Waals surface area contributed by atoms with Crippen molar-refractivity contribution in [3.8, 4) is 5.75 Å². The van der Waals surface area contributed by atoms with Crippen LogP contribution in [0.1, 0.15) is 6.42 Å². The number of fused-ring (bicyclic) bond motifs is 2. The molecule has 202 valence electrons. The number of hydrogen-bond donors (Lipinski definition) is 2. The van der Waals surface area contributed by atoms with Gasteiger partial charge < -0.3 is 19.9 Å². The molecule has 4 aromatic rings. The van der Waals surface area contributed by atoms with Gasteiger partial charge >= 0.3 is 0 Å². The molecule has 0 atom stereocenters. The number of benzene rings is 3. The van der Waals surface area contributed by atoms with Gasteiger partial charge in [0.25, 0.3) is 0 Å². The van der Waals surface area contributed by atoms with Crippen LogP contribution in [-0.2, 0) is 0 Å². The molecule has 0 saturated carbocycles. The number of aromatic nitrogens is 1. The van der Waals surface area contributed by atoms with Crippen LogP contribution in [0.4, 0.5) is 11.4 Å². The van der Waals surface area contributed by atoms with Gasteiger partial charge in [-0.1, -0.05) is 29.8 Å². The lowest BCUT2D eigenvalue weighted by Crippen LogP contribution is -2.48. The fourth-order valence-corrected chi connectivity index (χ4v) is 5.07. The monoisotopic (exact) mass is 543 g/mol. The van der Waals surface area contributed by atoms with Crippen molar-refractivity contribution in [2.45, 2.75) is 6.42 Å². The van der Waals surface area contributed by atoms with Gasteiger partial charge in [-0.15, -0.1) is 0 Å². The van der Waals surface area contributed by atoms with Crippen molar-refractivity contribution >= 4 is 57.5 Å². The number of halogens is 1. The number of anilines is 2. The maximum absolute atomic E-state index is 6.24. The summed E-state index contributed by atoms with van der Waals surface area (Å²) in [5.41, 5.74) is 4.06. The van der Waals surface area contributed by atoms with Crippen molar-refractivity contribution in [3.05, 3.63) is 71.8 Å². The summed E-state index contributed by atoms with van der Waals surface area (Å²) in [5.74, 6) is 1.50. The third-order valence-electron chi connectivity index (χ3n) is 6.93. The molecule has 5 rings (SSSR count). The van der Waals surface area contributed by atoms with E-state index in [1.165, 1.54) is 5.69 Å². The number of piperazine rings is 1. The molecular formula is C30H34ClN7O. The Balaban J connectivity index is 1.13. The Morgan fingerprint density at radius 1 is 0.974 bits per heavy atom. The Labute approximate surface area is 234 Å². The van der Waals surface area contributed by atoms with Crippen LogP contribution in [0.5, 0.6) is 5.75 Å². The van der Waals surface area contributed by atoms with Crippen molar-refractivity contribution in [2.75, 3.05) is 63.3 Å². The molecular weight excluding hydrogens is 510 g/mol. The summed E-state index contributed by atoms with van der Waals surface area (Å²) in [7, 11) is 1.68. The van der Waals surface area contributed by atoms with E-state index in [-0.39, 0.29) is 0 Å². The van der Waals surface area contributed by atoms with E-state index >= 15 is 0 Å². The predicted molar refractivity (Wildman–Crippen MR) is 164 cm³/mol. The number of para-hydroxylation sites is 1. The molecule has 0 bridgehead atoms. The van der Waals surface area contributed by atoms with E-state index in [9.17, 15) is 0 Å². The Morgan fingerprint density at radius 3 is 2.56 bits per heavy atom. The number of guanidine groups is 1. The van der Waals surface area contributed by atoms with E-state index < -0.39 is 0 Å². The number of pyridine rings is 1. The number of rotatable bonds is 9. The van der Waals surface area contributed by atoms with Gasteiger partial charge in [0.1, 0.15) is 5.75 Å². The predicted octanol–water partition coefficient (Wildman–Crippen LogP) is 5.28. The molecule has 1 aliphatic heterocycles. The first-order valence-electron chi connectivity index (χ1n) is 13.2. The van der Waals surface area contributed by atoms with E-state index in [0.717, 1.165) is 78.9 Å². The third kappa shape index (κ3) is 6.41. The first kappa shape index (κ1) is 26.7. The maximum Gasteiger partial charge on any atom is 0.221 e. The van der Waals surface area contributed by atoms with Crippen molar-refractivity contribution in [1.82, 2.24) is 15.2 Å². The van der Waals surface area contributed by atoms with E-state index in [0.29, 0.717) is 17.7 Å². The van der Waals surface area contributed by atoms with Gasteiger partial charge in [0.2, 0.25) is 5.96 Å². The van der Waals surface area contributed by atoms with Gasteiger partial charge in [-0.3, -0.25) is 5.32 Å². The number of hydrogen-bond acceptors (Lipinski definition) is 6. The molecule has 1 fully saturated rings. The van der Waals surface area contributed by atoms with Gasteiger partial charge in [-0.05, 0) is 68.2 Å². The zero-order valence-corrected chi connectivity index (χ0v) is 23.0. The standard InChI is InChI=1S/C30H34ClN7O/c1-32-30(38-17-15-37(16-18-38)23-7-4-3-5-8-23)35-21-33-13-6-14-34-29-25-11-9-22(31)19-28(25)36-27-12-10-24(39-2)20-26(27)29/h3-5,7-12,19-20,33H,1,6,13-18,21H2,2H3,(H,34,36)/b35-30+. The van der Waals surface area contributed by atoms with Crippen molar-refractivity contribution in [2.24, 2.45) is 9.98 Å². The zero-order chi connectivity index (χ0) is 27.0. The second kappa shape index (κ2) is 12.8. The van der Waals surface area contributed by atoms with Crippen molar-refractivity contribution in [1.29, 1.82) is 0 Å². The van der Waals surface area contributed by atoms with Crippen molar-refractivity contribution in [3.63, 3.8) is 0 Å². The van der Waals surface area contributed by atoms with Crippen LogP contribution in [0.15, 0.2) is 76.7 Å². The van der Waals surface area contributed by atoms with E-state index in [4.69, 9.17) is 21.3 Å². The quantitative estimate of drug-likeness (QED) is 0.129. The van der Waals surface area contributed by atoms with E-state index in [1.807, 2.05) is 42.5 Å². The second-order valence-electron chi connectivity index (χ2n) is 9.40. The molecule has 1 aliphatic rings. The molecule has 9 heteroatoms. The lowest BCUT2D eigenvalue weighted by atomic mass is 10.1. The van der Waals surface area contributed by atoms with Gasteiger partial charge in [-0.25, -0.2) is 15.0 Å². The van der Waals surface area contributed by atoms with E-state index in [1.54, 1.807) is 7.11 Å². The zero-order valence-electron chi connectivity index (χ0n) is 22.2. The van der Waals surface area contributed by atoms with Crippen LogP contribution in [0, 0.1) is 0 Å². The summed E-state index contributed by atoms with van der Waals surface area (Å²) < 4.78 is 5.46. The Kier molecular flexibility index (Phi) is 8.75. The highest BCUT2D eigenvalue weighted by Gasteiger charge is 2.19. The summed E-state index contributed by atoms with van der Waals surface area (Å²) in [6.45, 7) is 9.49. The highest BCUT2D eigenvalue weighted by Crippen LogP contribution is 2.34. The fraction of sp³-hybridized carbons (Fsp3) is 0.300. The molecule has 0 unspecified atom stereocenters. The molecule has 0 amide bonds. The van der Waals surface area contributed by atoms with Crippen LogP contribution >= 0.6 is 11.6 Å². The first-order chi connectivity index (χ1) is 19.2. The largest absolute Gasteiger partial charge is 0.497 e. The summed E-state index contributed by atoms with van der Waals surface area (Å²) in [5, 5.41) is 9.76. The average Bonchev–Trinajstić information content (AvgIpc) is 2.98. The smallest absolute Gasteiger partial charge is 0.221 e. The van der Waals surface area contributed by atoms with Crippen LogP contribution in [-0.4, -0.2) is 75.6 Å². The van der Waals surface area contributed by atoms with Gasteiger partial charge in [-0.2, -0.15) is 0 Å². The van der Waals surface area contributed by atoms with Gasteiger partial charge in [0.15, 0.2) is 0 Å². The van der Waals surface area contributed by atoms with E-state index in [2.05, 4.69) is 61.4 Å². The minimum atomic E-state index is 0.504. The van der Waals surface area contributed by atoms with Gasteiger partial charge in [0, 0.05) is 54.2 Å². The lowest BCUT2D eigenvalue weighted by molar-refractivity contribution is 0.380. The normalized spacial score (nSPS) is 14.2. The number of ether oxygens (including phenoxy) is 1. The highest BCUT2D eigenvalue weighted by atomic mass is 35.5. The minimum Gasteiger partial charge on any atom is -0.497 e. The van der Waals surface area contributed by atoms with Crippen LogP contribution < -0.4 is 20.3 Å². The van der Waals surface area contributed by atoms with Crippen LogP contribution in [0.3, 0.4) is 0 Å². The second-order valence-corrected chi connectivity index (χ2v) is 9.83. The number of nitrogens with zero attached hydrogens (tertiary/aromatic N) is 5. The molecule has 2 N–H and O–H groups in total. The minimum absolute atomic E-state index is 0.504. The summed E-state index contributed by atoms with van der Waals surface area (Å²) in [6, 6.07) is 22.3. The van der Waals surface area contributed by atoms with Gasteiger partial charge in [0.05, 0.1) is 30.5 Å². The number of nitrogens with one attached hydrogen (secondary N) is 2. The topological polar surface area (TPSA) is 77.4 Å². The summed E-state index contributed by atoms with van der Waals surface area (Å²) >= 11 is 6.24. The molecule has 0 radical (unpaired) electrons. The first-order valence-corrected chi connectivity index (χ1v) is 13.6. The fourth-order valence-electron chi connectivity index (χ4n) is 4.90. The number of aliphatic imine (C=N–C) groups is 2.